The number of ketones is 1. The Morgan fingerprint density at radius 3 is 2.05 bits per heavy atom. The highest BCUT2D eigenvalue weighted by molar-refractivity contribution is 6.12. The van der Waals surface area contributed by atoms with E-state index in [0.29, 0.717) is 41.3 Å². The number of hydrogen-bond donors (Lipinski definition) is 3. The van der Waals surface area contributed by atoms with E-state index in [9.17, 15) is 19.5 Å². The third-order valence-corrected chi connectivity index (χ3v) is 6.58. The van der Waals surface area contributed by atoms with Crippen LogP contribution in [0.1, 0.15) is 40.4 Å². The molecule has 3 N–H and O–H groups in total. The predicted octanol–water partition coefficient (Wildman–Crippen LogP) is 5.89. The molecule has 4 aromatic rings. The van der Waals surface area contributed by atoms with Gasteiger partial charge in [0.1, 0.15) is 23.6 Å². The number of ether oxygens (including phenoxy) is 2. The molecule has 2 atom stereocenters. The van der Waals surface area contributed by atoms with Gasteiger partial charge in [-0.2, -0.15) is 0 Å². The van der Waals surface area contributed by atoms with Gasteiger partial charge in [-0.25, -0.2) is 4.79 Å². The molecule has 8 nitrogen and oxygen atoms in total. The number of benzene rings is 4. The number of carboxylic acids is 2. The fourth-order valence-electron chi connectivity index (χ4n) is 4.44. The number of aliphatic carboxylic acids is 2. The van der Waals surface area contributed by atoms with Gasteiger partial charge in [0.25, 0.3) is 0 Å². The Kier molecular flexibility index (Phi) is 10.3. The lowest BCUT2D eigenvalue weighted by Gasteiger charge is -2.18. The van der Waals surface area contributed by atoms with E-state index in [0.717, 1.165) is 11.1 Å². The number of anilines is 1. The number of rotatable bonds is 15. The zero-order valence-corrected chi connectivity index (χ0v) is 23.2. The average Bonchev–Trinajstić information content (AvgIpc) is 2.98. The second-order valence-corrected chi connectivity index (χ2v) is 9.89. The summed E-state index contributed by atoms with van der Waals surface area (Å²) in [6.45, 7) is 2.16. The van der Waals surface area contributed by atoms with Crippen molar-refractivity contribution in [1.82, 2.24) is 0 Å². The topological polar surface area (TPSA) is 122 Å². The maximum Gasteiger partial charge on any atom is 0.326 e. The molecular weight excluding hydrogens is 534 g/mol. The van der Waals surface area contributed by atoms with Crippen LogP contribution in [0.2, 0.25) is 0 Å². The Balaban J connectivity index is 1.31. The SMILES string of the molecule is CC(CC(=O)O)Oc1ccc(CCOc2ccc(CC(Nc3ccccc3C(=O)c3ccccc3)C(=O)O)cc2)cc1. The molecule has 42 heavy (non-hydrogen) atoms. The second kappa shape index (κ2) is 14.5. The summed E-state index contributed by atoms with van der Waals surface area (Å²) in [5, 5.41) is 21.8. The molecule has 4 aromatic carbocycles. The summed E-state index contributed by atoms with van der Waals surface area (Å²) in [4.78, 5) is 36.0. The van der Waals surface area contributed by atoms with Crippen LogP contribution in [0.3, 0.4) is 0 Å². The second-order valence-electron chi connectivity index (χ2n) is 9.89. The van der Waals surface area contributed by atoms with Gasteiger partial charge in [0.05, 0.1) is 13.0 Å². The largest absolute Gasteiger partial charge is 0.493 e. The Labute approximate surface area is 244 Å². The lowest BCUT2D eigenvalue weighted by molar-refractivity contribution is -0.139. The van der Waals surface area contributed by atoms with E-state index < -0.39 is 24.1 Å². The van der Waals surface area contributed by atoms with Crippen molar-refractivity contribution in [3.8, 4) is 11.5 Å². The molecule has 0 spiro atoms. The highest BCUT2D eigenvalue weighted by Crippen LogP contribution is 2.22. The molecule has 0 heterocycles. The summed E-state index contributed by atoms with van der Waals surface area (Å²) in [5.74, 6) is -0.825. The minimum atomic E-state index is -1.02. The molecule has 0 amide bonds. The third-order valence-electron chi connectivity index (χ3n) is 6.58. The van der Waals surface area contributed by atoms with Gasteiger partial charge in [-0.05, 0) is 54.4 Å². The van der Waals surface area contributed by atoms with Crippen molar-refractivity contribution in [1.29, 1.82) is 0 Å². The number of carboxylic acid groups (broad SMARTS) is 2. The number of nitrogens with one attached hydrogen (secondary N) is 1. The fourth-order valence-corrected chi connectivity index (χ4v) is 4.44. The molecule has 0 saturated carbocycles. The van der Waals surface area contributed by atoms with E-state index in [1.807, 2.05) is 54.6 Å². The van der Waals surface area contributed by atoms with Gasteiger partial charge in [0.15, 0.2) is 5.78 Å². The normalized spacial score (nSPS) is 12.1. The van der Waals surface area contributed by atoms with Gasteiger partial charge < -0.3 is 25.0 Å². The van der Waals surface area contributed by atoms with Crippen molar-refractivity contribution in [2.24, 2.45) is 0 Å². The first kappa shape index (κ1) is 29.9. The molecule has 8 heteroatoms. The van der Waals surface area contributed by atoms with E-state index >= 15 is 0 Å². The van der Waals surface area contributed by atoms with Gasteiger partial charge in [0.2, 0.25) is 0 Å². The van der Waals surface area contributed by atoms with Crippen LogP contribution in [0.25, 0.3) is 0 Å². The zero-order valence-electron chi connectivity index (χ0n) is 23.2. The first-order valence-corrected chi connectivity index (χ1v) is 13.7. The van der Waals surface area contributed by atoms with Crippen LogP contribution in [0, 0.1) is 0 Å². The quantitative estimate of drug-likeness (QED) is 0.152. The molecule has 0 bridgehead atoms. The highest BCUT2D eigenvalue weighted by atomic mass is 16.5. The first-order valence-electron chi connectivity index (χ1n) is 13.7. The number of hydrogen-bond acceptors (Lipinski definition) is 6. The molecule has 0 radical (unpaired) electrons. The van der Waals surface area contributed by atoms with Crippen LogP contribution in [0.4, 0.5) is 5.69 Å². The van der Waals surface area contributed by atoms with Gasteiger partial charge >= 0.3 is 11.9 Å². The van der Waals surface area contributed by atoms with Crippen LogP contribution in [0.15, 0.2) is 103 Å². The van der Waals surface area contributed by atoms with Crippen molar-refractivity contribution in [3.05, 3.63) is 125 Å². The third kappa shape index (κ3) is 8.69. The molecule has 0 fully saturated rings. The summed E-state index contributed by atoms with van der Waals surface area (Å²) in [6, 6.07) is 29.6. The molecular formula is C34H33NO7. The summed E-state index contributed by atoms with van der Waals surface area (Å²) >= 11 is 0. The van der Waals surface area contributed by atoms with Crippen LogP contribution < -0.4 is 14.8 Å². The standard InChI is InChI=1S/C34H33NO7/c1-23(21-32(36)37)42-28-17-11-24(12-18-28)19-20-41-27-15-13-25(14-16-27)22-31(34(39)40)35-30-10-6-5-9-29(30)33(38)26-7-3-2-4-8-26/h2-18,23,31,35H,19-22H2,1H3,(H,36,37)(H,39,40). The molecule has 0 aliphatic rings. The molecule has 0 aliphatic heterocycles. The lowest BCUT2D eigenvalue weighted by Crippen LogP contribution is -2.32. The van der Waals surface area contributed by atoms with Gasteiger partial charge in [-0.15, -0.1) is 0 Å². The molecule has 2 unspecified atom stereocenters. The number of para-hydroxylation sites is 1. The molecule has 216 valence electrons. The Morgan fingerprint density at radius 2 is 1.38 bits per heavy atom. The minimum absolute atomic E-state index is 0.0639. The van der Waals surface area contributed by atoms with Crippen molar-refractivity contribution in [3.63, 3.8) is 0 Å². The minimum Gasteiger partial charge on any atom is -0.493 e. The maximum atomic E-state index is 13.1. The van der Waals surface area contributed by atoms with E-state index in [1.54, 1.807) is 55.5 Å². The Morgan fingerprint density at radius 1 is 0.762 bits per heavy atom. The summed E-state index contributed by atoms with van der Waals surface area (Å²) in [7, 11) is 0. The van der Waals surface area contributed by atoms with E-state index in [-0.39, 0.29) is 18.6 Å². The van der Waals surface area contributed by atoms with Crippen molar-refractivity contribution in [2.45, 2.75) is 38.3 Å². The van der Waals surface area contributed by atoms with Gasteiger partial charge in [-0.1, -0.05) is 66.7 Å². The summed E-state index contributed by atoms with van der Waals surface area (Å²) in [5.41, 5.74) is 3.26. The number of carbonyl (C=O) groups excluding carboxylic acids is 1. The van der Waals surface area contributed by atoms with Crippen LogP contribution in [-0.4, -0.2) is 46.7 Å². The van der Waals surface area contributed by atoms with Crippen molar-refractivity contribution < 1.29 is 34.1 Å². The summed E-state index contributed by atoms with van der Waals surface area (Å²) in [6.07, 6.45) is 0.397. The van der Waals surface area contributed by atoms with Gasteiger partial charge in [0, 0.05) is 29.7 Å². The molecule has 0 aliphatic carbocycles. The van der Waals surface area contributed by atoms with Crippen molar-refractivity contribution in [2.75, 3.05) is 11.9 Å². The van der Waals surface area contributed by atoms with E-state index in [4.69, 9.17) is 14.6 Å². The highest BCUT2D eigenvalue weighted by Gasteiger charge is 2.21. The number of carbonyl (C=O) groups is 3. The fraction of sp³-hybridized carbons (Fsp3) is 0.206. The summed E-state index contributed by atoms with van der Waals surface area (Å²) < 4.78 is 11.5. The van der Waals surface area contributed by atoms with E-state index in [1.165, 1.54) is 0 Å². The monoisotopic (exact) mass is 567 g/mol. The molecule has 4 rings (SSSR count). The van der Waals surface area contributed by atoms with Gasteiger partial charge in [-0.3, -0.25) is 9.59 Å². The first-order chi connectivity index (χ1) is 20.3. The zero-order chi connectivity index (χ0) is 29.9. The lowest BCUT2D eigenvalue weighted by atomic mass is 10.00. The predicted molar refractivity (Wildman–Crippen MR) is 159 cm³/mol. The average molecular weight is 568 g/mol. The van der Waals surface area contributed by atoms with E-state index in [2.05, 4.69) is 5.32 Å². The van der Waals surface area contributed by atoms with Crippen LogP contribution >= 0.6 is 0 Å². The molecule has 0 saturated heterocycles. The Hall–Kier alpha value is -5.11. The van der Waals surface area contributed by atoms with Crippen molar-refractivity contribution >= 4 is 23.4 Å². The molecule has 0 aromatic heterocycles. The van der Waals surface area contributed by atoms with Crippen LogP contribution in [0.5, 0.6) is 11.5 Å². The Bertz CT molecular complexity index is 1480. The maximum absolute atomic E-state index is 13.1. The smallest absolute Gasteiger partial charge is 0.326 e. The van der Waals surface area contributed by atoms with Crippen LogP contribution in [-0.2, 0) is 22.4 Å².